The number of nitrogen functional groups attached to an aromatic ring is 1. The topological polar surface area (TPSA) is 93.1 Å². The lowest BCUT2D eigenvalue weighted by molar-refractivity contribution is 0.0808. The van der Waals surface area contributed by atoms with Gasteiger partial charge < -0.3 is 16.8 Å². The molecule has 3 fully saturated rings. The number of hydrogen-bond acceptors (Lipinski definition) is 6. The Bertz CT molecular complexity index is 586. The van der Waals surface area contributed by atoms with Crippen LogP contribution in [-0.2, 0) is 0 Å². The molecule has 2 aliphatic carbocycles. The van der Waals surface area contributed by atoms with E-state index in [0.29, 0.717) is 23.4 Å². The molecule has 1 aliphatic heterocycles. The van der Waals surface area contributed by atoms with E-state index in [-0.39, 0.29) is 0 Å². The fraction of sp³-hybridized carbons (Fsp3) is 0.789. The van der Waals surface area contributed by atoms with E-state index in [2.05, 4.69) is 26.3 Å². The molecular weight excluding hydrogens is 312 g/mol. The lowest BCUT2D eigenvalue weighted by Crippen LogP contribution is -2.53. The van der Waals surface area contributed by atoms with Gasteiger partial charge in [0.1, 0.15) is 5.82 Å². The SMILES string of the molecule is Nc1nc(NCC2(N3CCCCC3)CCCC2)cc(C2CC(N)C2)n1. The van der Waals surface area contributed by atoms with Crippen LogP contribution in [0.5, 0.6) is 0 Å². The van der Waals surface area contributed by atoms with Gasteiger partial charge >= 0.3 is 0 Å². The van der Waals surface area contributed by atoms with Gasteiger partial charge in [0.2, 0.25) is 5.95 Å². The summed E-state index contributed by atoms with van der Waals surface area (Å²) >= 11 is 0. The second-order valence-electron chi connectivity index (χ2n) is 8.30. The van der Waals surface area contributed by atoms with Crippen molar-refractivity contribution in [2.45, 2.75) is 75.3 Å². The lowest BCUT2D eigenvalue weighted by Gasteiger charge is -2.44. The summed E-state index contributed by atoms with van der Waals surface area (Å²) in [4.78, 5) is 11.6. The Morgan fingerprint density at radius 2 is 1.80 bits per heavy atom. The fourth-order valence-corrected chi connectivity index (χ4v) is 4.95. The molecule has 0 unspecified atom stereocenters. The molecule has 4 rings (SSSR count). The van der Waals surface area contributed by atoms with E-state index in [1.807, 2.05) is 0 Å². The third kappa shape index (κ3) is 3.60. The molecule has 6 nitrogen and oxygen atoms in total. The predicted molar refractivity (Wildman–Crippen MR) is 102 cm³/mol. The minimum Gasteiger partial charge on any atom is -0.368 e. The molecule has 25 heavy (non-hydrogen) atoms. The molecule has 1 aromatic rings. The number of hydrogen-bond donors (Lipinski definition) is 3. The van der Waals surface area contributed by atoms with Crippen molar-refractivity contribution in [2.75, 3.05) is 30.7 Å². The molecule has 1 aromatic heterocycles. The van der Waals surface area contributed by atoms with Gasteiger partial charge in [0.05, 0.1) is 5.69 Å². The van der Waals surface area contributed by atoms with Crippen molar-refractivity contribution in [3.63, 3.8) is 0 Å². The summed E-state index contributed by atoms with van der Waals surface area (Å²) in [6, 6.07) is 2.41. The second kappa shape index (κ2) is 7.08. The summed E-state index contributed by atoms with van der Waals surface area (Å²) in [6.07, 6.45) is 11.4. The molecule has 0 spiro atoms. The normalized spacial score (nSPS) is 29.3. The highest BCUT2D eigenvalue weighted by atomic mass is 15.2. The molecule has 0 atom stereocenters. The zero-order valence-corrected chi connectivity index (χ0v) is 15.2. The molecule has 3 aliphatic rings. The maximum absolute atomic E-state index is 5.97. The van der Waals surface area contributed by atoms with Gasteiger partial charge in [-0.05, 0) is 51.6 Å². The van der Waals surface area contributed by atoms with Gasteiger partial charge in [0.15, 0.2) is 0 Å². The largest absolute Gasteiger partial charge is 0.368 e. The molecule has 0 amide bonds. The molecule has 0 aromatic carbocycles. The van der Waals surface area contributed by atoms with Crippen molar-refractivity contribution in [1.29, 1.82) is 0 Å². The molecule has 2 heterocycles. The highest BCUT2D eigenvalue weighted by Crippen LogP contribution is 2.38. The Morgan fingerprint density at radius 1 is 1.08 bits per heavy atom. The first kappa shape index (κ1) is 17.0. The first-order valence-electron chi connectivity index (χ1n) is 10.0. The average molecular weight is 345 g/mol. The van der Waals surface area contributed by atoms with Crippen LogP contribution in [0.25, 0.3) is 0 Å². The summed E-state index contributed by atoms with van der Waals surface area (Å²) < 4.78 is 0. The van der Waals surface area contributed by atoms with Gasteiger partial charge in [-0.2, -0.15) is 4.98 Å². The maximum atomic E-state index is 5.97. The highest BCUT2D eigenvalue weighted by molar-refractivity contribution is 5.42. The highest BCUT2D eigenvalue weighted by Gasteiger charge is 2.39. The van der Waals surface area contributed by atoms with Gasteiger partial charge in [-0.1, -0.05) is 19.3 Å². The molecular formula is C19H32N6. The number of piperidine rings is 1. The van der Waals surface area contributed by atoms with Crippen molar-refractivity contribution in [2.24, 2.45) is 5.73 Å². The van der Waals surface area contributed by atoms with Gasteiger partial charge in [-0.15, -0.1) is 0 Å². The van der Waals surface area contributed by atoms with E-state index in [9.17, 15) is 0 Å². The van der Waals surface area contributed by atoms with Crippen LogP contribution in [0.15, 0.2) is 6.07 Å². The standard InChI is InChI=1S/C19H32N6/c20-15-10-14(11-15)16-12-17(24-18(21)23-16)22-13-19(6-2-3-7-19)25-8-4-1-5-9-25/h12,14-15H,1-11,13,20H2,(H3,21,22,23,24). The molecule has 0 radical (unpaired) electrons. The average Bonchev–Trinajstić information content (AvgIpc) is 3.08. The smallest absolute Gasteiger partial charge is 0.222 e. The molecule has 6 heteroatoms. The first-order valence-corrected chi connectivity index (χ1v) is 10.0. The Hall–Kier alpha value is -1.40. The van der Waals surface area contributed by atoms with Crippen molar-refractivity contribution >= 4 is 11.8 Å². The molecule has 138 valence electrons. The zero-order valence-electron chi connectivity index (χ0n) is 15.2. The van der Waals surface area contributed by atoms with E-state index in [4.69, 9.17) is 11.5 Å². The third-order valence-electron chi connectivity index (χ3n) is 6.52. The summed E-state index contributed by atoms with van der Waals surface area (Å²) in [5.41, 5.74) is 13.2. The van der Waals surface area contributed by atoms with E-state index < -0.39 is 0 Å². The Balaban J connectivity index is 1.45. The Morgan fingerprint density at radius 3 is 2.48 bits per heavy atom. The summed E-state index contributed by atoms with van der Waals surface area (Å²) in [5.74, 6) is 1.70. The van der Waals surface area contributed by atoms with E-state index in [1.165, 1.54) is 58.0 Å². The van der Waals surface area contributed by atoms with Gasteiger partial charge in [0.25, 0.3) is 0 Å². The molecule has 0 bridgehead atoms. The Kier molecular flexibility index (Phi) is 4.82. The maximum Gasteiger partial charge on any atom is 0.222 e. The first-order chi connectivity index (χ1) is 12.1. The van der Waals surface area contributed by atoms with E-state index in [0.717, 1.165) is 30.9 Å². The second-order valence-corrected chi connectivity index (χ2v) is 8.30. The summed E-state index contributed by atoms with van der Waals surface area (Å²) in [6.45, 7) is 3.46. The van der Waals surface area contributed by atoms with Crippen LogP contribution < -0.4 is 16.8 Å². The zero-order chi connectivity index (χ0) is 17.3. The number of anilines is 2. The van der Waals surface area contributed by atoms with Gasteiger partial charge in [-0.3, -0.25) is 4.90 Å². The Labute approximate surface area is 150 Å². The number of likely N-dealkylation sites (tertiary alicyclic amines) is 1. The number of nitrogens with two attached hydrogens (primary N) is 2. The lowest BCUT2D eigenvalue weighted by atomic mass is 9.78. The number of aromatic nitrogens is 2. The van der Waals surface area contributed by atoms with Crippen molar-refractivity contribution in [3.8, 4) is 0 Å². The number of nitrogens with one attached hydrogen (secondary N) is 1. The van der Waals surface area contributed by atoms with Crippen molar-refractivity contribution in [3.05, 3.63) is 11.8 Å². The van der Waals surface area contributed by atoms with Crippen LogP contribution in [-0.4, -0.2) is 46.1 Å². The number of nitrogens with zero attached hydrogens (tertiary/aromatic N) is 3. The summed E-state index contributed by atoms with van der Waals surface area (Å²) in [5, 5.41) is 3.62. The molecule has 5 N–H and O–H groups in total. The van der Waals surface area contributed by atoms with Crippen LogP contribution in [0.4, 0.5) is 11.8 Å². The third-order valence-corrected chi connectivity index (χ3v) is 6.52. The fourth-order valence-electron chi connectivity index (χ4n) is 4.95. The van der Waals surface area contributed by atoms with Gasteiger partial charge in [-0.25, -0.2) is 4.98 Å². The van der Waals surface area contributed by atoms with Crippen LogP contribution in [0.1, 0.15) is 69.4 Å². The van der Waals surface area contributed by atoms with Crippen LogP contribution in [0.3, 0.4) is 0 Å². The van der Waals surface area contributed by atoms with Crippen LogP contribution in [0.2, 0.25) is 0 Å². The molecule has 1 saturated heterocycles. The van der Waals surface area contributed by atoms with E-state index in [1.54, 1.807) is 0 Å². The van der Waals surface area contributed by atoms with Gasteiger partial charge in [0, 0.05) is 30.1 Å². The van der Waals surface area contributed by atoms with Crippen molar-refractivity contribution in [1.82, 2.24) is 14.9 Å². The van der Waals surface area contributed by atoms with Crippen LogP contribution in [0, 0.1) is 0 Å². The predicted octanol–water partition coefficient (Wildman–Crippen LogP) is 2.47. The minimum atomic E-state index is 0.305. The molecule has 2 saturated carbocycles. The summed E-state index contributed by atoms with van der Waals surface area (Å²) in [7, 11) is 0. The van der Waals surface area contributed by atoms with Crippen molar-refractivity contribution < 1.29 is 0 Å². The number of rotatable bonds is 5. The monoisotopic (exact) mass is 344 g/mol. The minimum absolute atomic E-state index is 0.305. The van der Waals surface area contributed by atoms with Crippen LogP contribution >= 0.6 is 0 Å². The van der Waals surface area contributed by atoms with E-state index >= 15 is 0 Å². The quantitative estimate of drug-likeness (QED) is 0.760.